The van der Waals surface area contributed by atoms with Gasteiger partial charge in [0, 0.05) is 36.6 Å². The molecule has 124 valence electrons. The van der Waals surface area contributed by atoms with Crippen LogP contribution in [-0.2, 0) is 11.2 Å². The van der Waals surface area contributed by atoms with E-state index in [2.05, 4.69) is 15.6 Å². The number of hydrogen-bond donors (Lipinski definition) is 2. The van der Waals surface area contributed by atoms with Crippen molar-refractivity contribution in [1.29, 1.82) is 0 Å². The second-order valence-electron chi connectivity index (χ2n) is 6.82. The maximum atomic E-state index is 11.8. The summed E-state index contributed by atoms with van der Waals surface area (Å²) in [7, 11) is 0. The van der Waals surface area contributed by atoms with Crippen molar-refractivity contribution in [1.82, 2.24) is 15.6 Å². The van der Waals surface area contributed by atoms with Gasteiger partial charge in [0.15, 0.2) is 0 Å². The Hall–Kier alpha value is -1.14. The molecule has 0 atom stereocenters. The van der Waals surface area contributed by atoms with Gasteiger partial charge >= 0.3 is 6.09 Å². The summed E-state index contributed by atoms with van der Waals surface area (Å²) in [6.07, 6.45) is 6.76. The number of alkyl carbamates (subject to hydrolysis) is 1. The Morgan fingerprint density at radius 2 is 2.00 bits per heavy atom. The Morgan fingerprint density at radius 1 is 1.32 bits per heavy atom. The Labute approximate surface area is 136 Å². The molecule has 2 N–H and O–H groups in total. The van der Waals surface area contributed by atoms with E-state index in [0.717, 1.165) is 38.6 Å². The highest BCUT2D eigenvalue weighted by Crippen LogP contribution is 2.19. The van der Waals surface area contributed by atoms with Gasteiger partial charge in [0.1, 0.15) is 5.60 Å². The molecule has 2 rings (SSSR count). The van der Waals surface area contributed by atoms with E-state index in [9.17, 15) is 4.79 Å². The molecule has 0 radical (unpaired) electrons. The maximum Gasteiger partial charge on any atom is 0.407 e. The molecule has 1 aliphatic carbocycles. The van der Waals surface area contributed by atoms with Crippen molar-refractivity contribution in [3.63, 3.8) is 0 Å². The maximum absolute atomic E-state index is 11.8. The highest BCUT2D eigenvalue weighted by atomic mass is 32.1. The summed E-state index contributed by atoms with van der Waals surface area (Å²) in [5, 5.41) is 9.78. The van der Waals surface area contributed by atoms with Gasteiger partial charge in [0.25, 0.3) is 0 Å². The van der Waals surface area contributed by atoms with Crippen molar-refractivity contribution in [2.24, 2.45) is 0 Å². The molecule has 6 heteroatoms. The quantitative estimate of drug-likeness (QED) is 0.873. The fourth-order valence-electron chi connectivity index (χ4n) is 2.68. The zero-order chi connectivity index (χ0) is 16.0. The molecule has 0 saturated heterocycles. The minimum absolute atomic E-state index is 0.242. The van der Waals surface area contributed by atoms with E-state index >= 15 is 0 Å². The van der Waals surface area contributed by atoms with Gasteiger partial charge < -0.3 is 15.4 Å². The van der Waals surface area contributed by atoms with Gasteiger partial charge in [-0.3, -0.25) is 0 Å². The smallest absolute Gasteiger partial charge is 0.407 e. The monoisotopic (exact) mass is 325 g/mol. The number of hydrogen-bond acceptors (Lipinski definition) is 5. The van der Waals surface area contributed by atoms with Gasteiger partial charge in [0.05, 0.1) is 5.01 Å². The average molecular weight is 325 g/mol. The lowest BCUT2D eigenvalue weighted by atomic mass is 9.91. The molecule has 1 amide bonds. The highest BCUT2D eigenvalue weighted by Gasteiger charge is 2.24. The largest absolute Gasteiger partial charge is 0.444 e. The van der Waals surface area contributed by atoms with Crippen LogP contribution >= 0.6 is 11.3 Å². The predicted molar refractivity (Wildman–Crippen MR) is 89.2 cm³/mol. The Morgan fingerprint density at radius 3 is 2.59 bits per heavy atom. The van der Waals surface area contributed by atoms with E-state index < -0.39 is 5.60 Å². The van der Waals surface area contributed by atoms with Crippen molar-refractivity contribution >= 4 is 17.4 Å². The highest BCUT2D eigenvalue weighted by molar-refractivity contribution is 7.09. The van der Waals surface area contributed by atoms with Gasteiger partial charge in [-0.05, 0) is 46.5 Å². The minimum Gasteiger partial charge on any atom is -0.444 e. The van der Waals surface area contributed by atoms with E-state index in [1.165, 1.54) is 5.01 Å². The molecule has 1 aromatic heterocycles. The van der Waals surface area contributed by atoms with Crippen LogP contribution < -0.4 is 10.6 Å². The van der Waals surface area contributed by atoms with E-state index in [0.29, 0.717) is 6.04 Å². The molecule has 1 saturated carbocycles. The van der Waals surface area contributed by atoms with Crippen LogP contribution in [0.1, 0.15) is 51.5 Å². The minimum atomic E-state index is -0.432. The number of ether oxygens (including phenoxy) is 1. The molecule has 0 spiro atoms. The topological polar surface area (TPSA) is 63.2 Å². The van der Waals surface area contributed by atoms with Crippen LogP contribution in [0.15, 0.2) is 11.6 Å². The molecule has 22 heavy (non-hydrogen) atoms. The summed E-state index contributed by atoms with van der Waals surface area (Å²) in [4.78, 5) is 16.0. The fraction of sp³-hybridized carbons (Fsp3) is 0.750. The van der Waals surface area contributed by atoms with Crippen LogP contribution in [0.5, 0.6) is 0 Å². The number of carbonyl (C=O) groups excluding carboxylic acids is 1. The molecule has 0 aromatic carbocycles. The van der Waals surface area contributed by atoms with Crippen molar-refractivity contribution in [3.8, 4) is 0 Å². The van der Waals surface area contributed by atoms with Crippen LogP contribution in [0.2, 0.25) is 0 Å². The predicted octanol–water partition coefficient (Wildman–Crippen LogP) is 3.11. The third-order valence-corrected chi connectivity index (χ3v) is 4.54. The van der Waals surface area contributed by atoms with Gasteiger partial charge in [-0.15, -0.1) is 11.3 Å². The SMILES string of the molecule is CC(C)(C)OC(=O)NC1CCC(NCCc2nccs2)CC1. The molecule has 0 bridgehead atoms. The second-order valence-corrected chi connectivity index (χ2v) is 7.80. The summed E-state index contributed by atoms with van der Waals surface area (Å²) in [5.41, 5.74) is -0.432. The van der Waals surface area contributed by atoms with Crippen molar-refractivity contribution in [2.75, 3.05) is 6.54 Å². The summed E-state index contributed by atoms with van der Waals surface area (Å²) < 4.78 is 5.30. The number of carbonyl (C=O) groups is 1. The zero-order valence-electron chi connectivity index (χ0n) is 13.7. The van der Waals surface area contributed by atoms with Crippen LogP contribution in [0.3, 0.4) is 0 Å². The van der Waals surface area contributed by atoms with Gasteiger partial charge in [-0.1, -0.05) is 0 Å². The first-order valence-corrected chi connectivity index (χ1v) is 8.91. The molecule has 0 unspecified atom stereocenters. The number of nitrogens with one attached hydrogen (secondary N) is 2. The molecule has 0 aliphatic heterocycles. The summed E-state index contributed by atoms with van der Waals surface area (Å²) >= 11 is 1.71. The molecular formula is C16H27N3O2S. The lowest BCUT2D eigenvalue weighted by molar-refractivity contribution is 0.0490. The summed E-state index contributed by atoms with van der Waals surface area (Å²) in [5.74, 6) is 0. The fourth-order valence-corrected chi connectivity index (χ4v) is 3.30. The van der Waals surface area contributed by atoms with Crippen molar-refractivity contribution < 1.29 is 9.53 Å². The lowest BCUT2D eigenvalue weighted by Gasteiger charge is -2.30. The first kappa shape index (κ1) is 17.2. The third kappa shape index (κ3) is 6.32. The first-order valence-electron chi connectivity index (χ1n) is 8.03. The first-order chi connectivity index (χ1) is 10.4. The molecule has 1 heterocycles. The number of amides is 1. The van der Waals surface area contributed by atoms with E-state index in [1.54, 1.807) is 11.3 Å². The number of rotatable bonds is 5. The Bertz CT molecular complexity index is 448. The van der Waals surface area contributed by atoms with Gasteiger partial charge in [-0.25, -0.2) is 9.78 Å². The van der Waals surface area contributed by atoms with E-state index in [1.807, 2.05) is 32.3 Å². The normalized spacial score (nSPS) is 22.3. The van der Waals surface area contributed by atoms with E-state index in [4.69, 9.17) is 4.74 Å². The van der Waals surface area contributed by atoms with Crippen LogP contribution in [-0.4, -0.2) is 35.3 Å². The van der Waals surface area contributed by atoms with Crippen LogP contribution in [0, 0.1) is 0 Å². The third-order valence-electron chi connectivity index (χ3n) is 3.70. The number of thiazole rings is 1. The van der Waals surface area contributed by atoms with Crippen molar-refractivity contribution in [3.05, 3.63) is 16.6 Å². The molecule has 1 aromatic rings. The Kier molecular flexibility index (Phi) is 6.20. The summed E-state index contributed by atoms with van der Waals surface area (Å²) in [6, 6.07) is 0.795. The van der Waals surface area contributed by atoms with Crippen LogP contribution in [0.4, 0.5) is 4.79 Å². The summed E-state index contributed by atoms with van der Waals surface area (Å²) in [6.45, 7) is 6.63. The molecular weight excluding hydrogens is 298 g/mol. The van der Waals surface area contributed by atoms with Gasteiger partial charge in [0.2, 0.25) is 0 Å². The number of nitrogens with zero attached hydrogens (tertiary/aromatic N) is 1. The molecule has 1 aliphatic rings. The van der Waals surface area contributed by atoms with E-state index in [-0.39, 0.29) is 12.1 Å². The average Bonchev–Trinajstić information content (AvgIpc) is 2.92. The Balaban J connectivity index is 1.60. The zero-order valence-corrected chi connectivity index (χ0v) is 14.5. The second kappa shape index (κ2) is 7.92. The lowest BCUT2D eigenvalue weighted by Crippen LogP contribution is -2.44. The number of aromatic nitrogens is 1. The van der Waals surface area contributed by atoms with Gasteiger partial charge in [-0.2, -0.15) is 0 Å². The van der Waals surface area contributed by atoms with Crippen molar-refractivity contribution in [2.45, 2.75) is 70.6 Å². The molecule has 1 fully saturated rings. The van der Waals surface area contributed by atoms with Crippen LogP contribution in [0.25, 0.3) is 0 Å². The molecule has 5 nitrogen and oxygen atoms in total. The standard InChI is InChI=1S/C16H27N3O2S/c1-16(2,3)21-15(20)19-13-6-4-12(5-7-13)17-9-8-14-18-10-11-22-14/h10-13,17H,4-9H2,1-3H3,(H,19,20).